The fraction of sp³-hybridized carbons (Fsp3) is 0.111. The van der Waals surface area contributed by atoms with Crippen LogP contribution in [0.4, 0.5) is 8.78 Å². The van der Waals surface area contributed by atoms with E-state index in [2.05, 4.69) is 15.9 Å². The van der Waals surface area contributed by atoms with Crippen LogP contribution >= 0.6 is 27.3 Å². The van der Waals surface area contributed by atoms with Crippen LogP contribution in [0.15, 0.2) is 82.4 Å². The lowest BCUT2D eigenvalue weighted by Gasteiger charge is -2.13. The molecule has 8 heteroatoms. The van der Waals surface area contributed by atoms with Crippen molar-refractivity contribution in [3.63, 3.8) is 0 Å². The van der Waals surface area contributed by atoms with Crippen LogP contribution in [-0.2, 0) is 11.9 Å². The molecule has 0 fully saturated rings. The minimum absolute atomic E-state index is 0.236. The Bertz CT molecular complexity index is 1650. The molecule has 2 heterocycles. The highest BCUT2D eigenvalue weighted by Crippen LogP contribution is 2.38. The molecule has 0 atom stereocenters. The number of halogens is 3. The van der Waals surface area contributed by atoms with Crippen molar-refractivity contribution in [3.05, 3.63) is 122 Å². The summed E-state index contributed by atoms with van der Waals surface area (Å²) in [5.41, 5.74) is 1.74. The van der Waals surface area contributed by atoms with Crippen molar-refractivity contribution in [2.45, 2.75) is 18.8 Å². The van der Waals surface area contributed by atoms with E-state index < -0.39 is 22.9 Å². The average molecular weight is 553 g/mol. The summed E-state index contributed by atoms with van der Waals surface area (Å²) in [5, 5.41) is 0.717. The number of fused-ring (bicyclic) bond motifs is 1. The summed E-state index contributed by atoms with van der Waals surface area (Å²) in [4.78, 5) is 28.6. The Kier molecular flexibility index (Phi) is 6.25. The SMILES string of the molecule is Cc1ccc(-c2sc3c(c2CBr)c(=O)n(-c2ccccc2)c(=O)n3Cc2c(F)cccc2F)cc1. The van der Waals surface area contributed by atoms with Gasteiger partial charge in [0.05, 0.1) is 17.6 Å². The number of aromatic nitrogens is 2. The zero-order valence-electron chi connectivity index (χ0n) is 18.6. The van der Waals surface area contributed by atoms with Crippen LogP contribution in [0, 0.1) is 18.6 Å². The first kappa shape index (κ1) is 23.4. The van der Waals surface area contributed by atoms with E-state index in [-0.39, 0.29) is 12.1 Å². The molecule has 2 aromatic heterocycles. The molecule has 0 saturated heterocycles. The molecule has 35 heavy (non-hydrogen) atoms. The maximum absolute atomic E-state index is 14.6. The molecule has 0 bridgehead atoms. The molecule has 0 radical (unpaired) electrons. The molecule has 0 aliphatic heterocycles. The predicted molar refractivity (Wildman–Crippen MR) is 140 cm³/mol. The van der Waals surface area contributed by atoms with Crippen molar-refractivity contribution in [3.8, 4) is 16.1 Å². The van der Waals surface area contributed by atoms with Crippen LogP contribution in [0.1, 0.15) is 16.7 Å². The summed E-state index contributed by atoms with van der Waals surface area (Å²) >= 11 is 4.79. The Labute approximate surface area is 211 Å². The first-order valence-electron chi connectivity index (χ1n) is 10.8. The summed E-state index contributed by atoms with van der Waals surface area (Å²) in [6.07, 6.45) is 0. The summed E-state index contributed by atoms with van der Waals surface area (Å²) < 4.78 is 31.6. The molecule has 176 valence electrons. The Balaban J connectivity index is 1.89. The third kappa shape index (κ3) is 4.06. The highest BCUT2D eigenvalue weighted by molar-refractivity contribution is 9.08. The lowest BCUT2D eigenvalue weighted by molar-refractivity contribution is 0.541. The van der Waals surface area contributed by atoms with Gasteiger partial charge in [-0.05, 0) is 42.3 Å². The number of alkyl halides is 1. The third-order valence-electron chi connectivity index (χ3n) is 5.91. The number of hydrogen-bond acceptors (Lipinski definition) is 3. The van der Waals surface area contributed by atoms with E-state index in [1.807, 2.05) is 31.2 Å². The second kappa shape index (κ2) is 9.36. The summed E-state index contributed by atoms with van der Waals surface area (Å²) in [6.45, 7) is 1.63. The second-order valence-electron chi connectivity index (χ2n) is 8.13. The number of hydrogen-bond donors (Lipinski definition) is 0. The average Bonchev–Trinajstić information content (AvgIpc) is 3.24. The molecule has 5 aromatic rings. The zero-order valence-corrected chi connectivity index (χ0v) is 21.0. The Hall–Kier alpha value is -3.36. The largest absolute Gasteiger partial charge is 0.337 e. The van der Waals surface area contributed by atoms with Gasteiger partial charge in [0.1, 0.15) is 16.5 Å². The van der Waals surface area contributed by atoms with E-state index in [1.165, 1.54) is 22.0 Å². The molecular formula is C27H19BrF2N2O2S. The van der Waals surface area contributed by atoms with E-state index >= 15 is 0 Å². The number of para-hydroxylation sites is 1. The van der Waals surface area contributed by atoms with Crippen LogP contribution in [0.2, 0.25) is 0 Å². The van der Waals surface area contributed by atoms with Gasteiger partial charge in [0.2, 0.25) is 0 Å². The van der Waals surface area contributed by atoms with Gasteiger partial charge in [0, 0.05) is 15.8 Å². The quantitative estimate of drug-likeness (QED) is 0.236. The molecule has 0 spiro atoms. The Morgan fingerprint density at radius 3 is 2.14 bits per heavy atom. The number of nitrogens with zero attached hydrogens (tertiary/aromatic N) is 2. The summed E-state index contributed by atoms with van der Waals surface area (Å²) in [5.74, 6) is -1.50. The maximum atomic E-state index is 14.6. The minimum atomic E-state index is -0.751. The highest BCUT2D eigenvalue weighted by atomic mass is 79.9. The minimum Gasteiger partial charge on any atom is -0.279 e. The number of aryl methyl sites for hydroxylation is 1. The lowest BCUT2D eigenvalue weighted by atomic mass is 10.1. The number of rotatable bonds is 5. The highest BCUT2D eigenvalue weighted by Gasteiger charge is 2.24. The van der Waals surface area contributed by atoms with Crippen molar-refractivity contribution in [1.82, 2.24) is 9.13 Å². The van der Waals surface area contributed by atoms with Crippen molar-refractivity contribution < 1.29 is 8.78 Å². The molecule has 0 amide bonds. The van der Waals surface area contributed by atoms with Crippen LogP contribution in [-0.4, -0.2) is 9.13 Å². The molecule has 0 unspecified atom stereocenters. The number of benzene rings is 3. The first-order valence-corrected chi connectivity index (χ1v) is 12.8. The standard InChI is InChI=1S/C27H19BrF2N2O2S/c1-16-10-12-17(13-11-16)24-19(14-28)23-25(33)32(18-6-3-2-4-7-18)27(34)31(26(23)35-24)15-20-21(29)8-5-9-22(20)30/h2-13H,14-15H2,1H3. The van der Waals surface area contributed by atoms with E-state index in [4.69, 9.17) is 0 Å². The van der Waals surface area contributed by atoms with Crippen LogP contribution in [0.3, 0.4) is 0 Å². The first-order chi connectivity index (χ1) is 16.9. The fourth-order valence-electron chi connectivity index (χ4n) is 4.12. The van der Waals surface area contributed by atoms with E-state index in [9.17, 15) is 18.4 Å². The topological polar surface area (TPSA) is 44.0 Å². The molecule has 4 nitrogen and oxygen atoms in total. The number of thiophene rings is 1. The Morgan fingerprint density at radius 1 is 0.857 bits per heavy atom. The maximum Gasteiger partial charge on any atom is 0.337 e. The zero-order chi connectivity index (χ0) is 24.7. The summed E-state index contributed by atoms with van der Waals surface area (Å²) in [6, 6.07) is 20.0. The third-order valence-corrected chi connectivity index (χ3v) is 7.78. The molecule has 0 N–H and O–H groups in total. The van der Waals surface area contributed by atoms with Gasteiger partial charge >= 0.3 is 5.69 Å². The van der Waals surface area contributed by atoms with Crippen molar-refractivity contribution in [2.75, 3.05) is 0 Å². The fourth-order valence-corrected chi connectivity index (χ4v) is 6.18. The van der Waals surface area contributed by atoms with Crippen molar-refractivity contribution in [2.24, 2.45) is 0 Å². The molecule has 5 rings (SSSR count). The van der Waals surface area contributed by atoms with Gasteiger partial charge in [-0.1, -0.05) is 70.0 Å². The van der Waals surface area contributed by atoms with Gasteiger partial charge in [-0.2, -0.15) is 0 Å². The van der Waals surface area contributed by atoms with Crippen molar-refractivity contribution >= 4 is 37.5 Å². The van der Waals surface area contributed by atoms with Gasteiger partial charge in [-0.15, -0.1) is 11.3 Å². The van der Waals surface area contributed by atoms with Gasteiger partial charge in [0.15, 0.2) is 0 Å². The van der Waals surface area contributed by atoms with Gasteiger partial charge in [-0.25, -0.2) is 18.1 Å². The monoisotopic (exact) mass is 552 g/mol. The molecule has 0 aliphatic carbocycles. The van der Waals surface area contributed by atoms with Gasteiger partial charge in [-0.3, -0.25) is 9.36 Å². The lowest BCUT2D eigenvalue weighted by Crippen LogP contribution is -2.39. The molecular weight excluding hydrogens is 534 g/mol. The Morgan fingerprint density at radius 2 is 1.51 bits per heavy atom. The van der Waals surface area contributed by atoms with E-state index in [0.717, 1.165) is 38.3 Å². The molecule has 0 saturated carbocycles. The van der Waals surface area contributed by atoms with Gasteiger partial charge in [0.25, 0.3) is 5.56 Å². The normalized spacial score (nSPS) is 11.3. The van der Waals surface area contributed by atoms with E-state index in [0.29, 0.717) is 21.2 Å². The van der Waals surface area contributed by atoms with Crippen LogP contribution < -0.4 is 11.2 Å². The van der Waals surface area contributed by atoms with Crippen LogP contribution in [0.25, 0.3) is 26.3 Å². The summed E-state index contributed by atoms with van der Waals surface area (Å²) in [7, 11) is 0. The second-order valence-corrected chi connectivity index (χ2v) is 9.69. The predicted octanol–water partition coefficient (Wildman–Crippen LogP) is 6.41. The van der Waals surface area contributed by atoms with Gasteiger partial charge < -0.3 is 0 Å². The van der Waals surface area contributed by atoms with Crippen molar-refractivity contribution in [1.29, 1.82) is 0 Å². The van der Waals surface area contributed by atoms with E-state index in [1.54, 1.807) is 30.3 Å². The smallest absolute Gasteiger partial charge is 0.279 e. The van der Waals surface area contributed by atoms with Crippen LogP contribution in [0.5, 0.6) is 0 Å². The molecule has 3 aromatic carbocycles. The molecule has 0 aliphatic rings.